The second kappa shape index (κ2) is 8.98. The van der Waals surface area contributed by atoms with E-state index in [0.717, 1.165) is 10.9 Å². The number of carbonyl (C=O) groups is 1. The number of aliphatic hydroxyl groups excluding tert-OH is 1. The molecular weight excluding hydrogens is 336 g/mol. The lowest BCUT2D eigenvalue weighted by molar-refractivity contribution is -0.124. The molecule has 2 aromatic rings. The summed E-state index contributed by atoms with van der Waals surface area (Å²) in [5.74, 6) is 8.03. The standard InChI is InChI=1S/C19H18N2O3S/c1-4-14-10-15-11-16(7-8-17(15)20-12-14)24-19(25-3)18(23)21-13(2)6-5-9-22/h1,7-8,10-13,19,22H,9H2,2-3H3,(H,21,23). The number of hydrogen-bond acceptors (Lipinski definition) is 5. The number of aliphatic hydroxyl groups is 1. The predicted molar refractivity (Wildman–Crippen MR) is 100 cm³/mol. The van der Waals surface area contributed by atoms with Crippen molar-refractivity contribution in [3.05, 3.63) is 36.0 Å². The van der Waals surface area contributed by atoms with Crippen molar-refractivity contribution in [1.82, 2.24) is 10.3 Å². The third kappa shape index (κ3) is 5.15. The number of carbonyl (C=O) groups excluding carboxylic acids is 1. The van der Waals surface area contributed by atoms with Gasteiger partial charge >= 0.3 is 0 Å². The number of amides is 1. The van der Waals surface area contributed by atoms with Crippen molar-refractivity contribution in [2.24, 2.45) is 0 Å². The minimum atomic E-state index is -0.723. The molecular formula is C19H18N2O3S. The average molecular weight is 354 g/mol. The molecule has 2 unspecified atom stereocenters. The zero-order chi connectivity index (χ0) is 18.2. The first kappa shape index (κ1) is 18.7. The summed E-state index contributed by atoms with van der Waals surface area (Å²) in [6.07, 6.45) is 8.82. The van der Waals surface area contributed by atoms with E-state index in [4.69, 9.17) is 16.3 Å². The van der Waals surface area contributed by atoms with Gasteiger partial charge in [0.1, 0.15) is 12.4 Å². The third-order valence-corrected chi connectivity index (χ3v) is 3.99. The molecule has 0 aliphatic carbocycles. The fourth-order valence-electron chi connectivity index (χ4n) is 2.11. The molecule has 2 atom stereocenters. The first-order chi connectivity index (χ1) is 12.1. The minimum absolute atomic E-state index is 0.243. The van der Waals surface area contributed by atoms with E-state index in [1.165, 1.54) is 11.8 Å². The Kier molecular flexibility index (Phi) is 6.71. The molecule has 0 radical (unpaired) electrons. The van der Waals surface area contributed by atoms with Gasteiger partial charge in [0, 0.05) is 17.1 Å². The maximum absolute atomic E-state index is 12.3. The van der Waals surface area contributed by atoms with Crippen LogP contribution in [-0.4, -0.2) is 40.3 Å². The van der Waals surface area contributed by atoms with Crippen molar-refractivity contribution in [3.63, 3.8) is 0 Å². The van der Waals surface area contributed by atoms with Crippen molar-refractivity contribution in [2.75, 3.05) is 12.9 Å². The summed E-state index contributed by atoms with van der Waals surface area (Å²) in [5.41, 5.74) is 0.754. The van der Waals surface area contributed by atoms with Crippen LogP contribution in [0.5, 0.6) is 5.75 Å². The Morgan fingerprint density at radius 1 is 1.48 bits per heavy atom. The molecule has 0 fully saturated rings. The van der Waals surface area contributed by atoms with Gasteiger partial charge in [-0.3, -0.25) is 9.78 Å². The number of nitrogens with one attached hydrogen (secondary N) is 1. The number of terminal acetylenes is 1. The summed E-state index contributed by atoms with van der Waals surface area (Å²) in [4.78, 5) is 16.6. The van der Waals surface area contributed by atoms with Crippen LogP contribution >= 0.6 is 11.8 Å². The van der Waals surface area contributed by atoms with E-state index in [1.807, 2.05) is 12.1 Å². The van der Waals surface area contributed by atoms with E-state index in [2.05, 4.69) is 28.1 Å². The van der Waals surface area contributed by atoms with Crippen LogP contribution in [0.15, 0.2) is 30.5 Å². The average Bonchev–Trinajstić information content (AvgIpc) is 2.63. The Labute approximate surface area is 151 Å². The highest BCUT2D eigenvalue weighted by Gasteiger charge is 2.20. The quantitative estimate of drug-likeness (QED) is 0.633. The molecule has 0 aliphatic heterocycles. The Hall–Kier alpha value is -2.67. The van der Waals surface area contributed by atoms with Crippen LogP contribution in [0, 0.1) is 24.2 Å². The molecule has 0 saturated carbocycles. The van der Waals surface area contributed by atoms with E-state index in [0.29, 0.717) is 11.3 Å². The molecule has 2 rings (SSSR count). The van der Waals surface area contributed by atoms with Crippen LogP contribution in [0.1, 0.15) is 12.5 Å². The fourth-order valence-corrected chi connectivity index (χ4v) is 2.60. The van der Waals surface area contributed by atoms with Crippen molar-refractivity contribution < 1.29 is 14.6 Å². The van der Waals surface area contributed by atoms with Crippen LogP contribution in [0.3, 0.4) is 0 Å². The maximum Gasteiger partial charge on any atom is 0.272 e. The molecule has 0 spiro atoms. The van der Waals surface area contributed by atoms with Gasteiger partial charge in [0.25, 0.3) is 5.91 Å². The van der Waals surface area contributed by atoms with Crippen molar-refractivity contribution >= 4 is 28.6 Å². The number of fused-ring (bicyclic) bond motifs is 1. The van der Waals surface area contributed by atoms with Gasteiger partial charge in [0.2, 0.25) is 5.44 Å². The molecule has 0 aliphatic rings. The number of benzene rings is 1. The molecule has 1 aromatic heterocycles. The molecule has 0 bridgehead atoms. The highest BCUT2D eigenvalue weighted by Crippen LogP contribution is 2.23. The highest BCUT2D eigenvalue weighted by atomic mass is 32.2. The summed E-state index contributed by atoms with van der Waals surface area (Å²) in [6.45, 7) is 1.49. The Balaban J connectivity index is 2.13. The van der Waals surface area contributed by atoms with Crippen molar-refractivity contribution in [2.45, 2.75) is 18.4 Å². The molecule has 6 heteroatoms. The van der Waals surface area contributed by atoms with Crippen molar-refractivity contribution in [1.29, 1.82) is 0 Å². The van der Waals surface area contributed by atoms with Crippen LogP contribution < -0.4 is 10.1 Å². The first-order valence-corrected chi connectivity index (χ1v) is 8.81. The number of nitrogens with zero attached hydrogens (tertiary/aromatic N) is 1. The third-order valence-electron chi connectivity index (χ3n) is 3.25. The lowest BCUT2D eigenvalue weighted by Crippen LogP contribution is -2.40. The van der Waals surface area contributed by atoms with Gasteiger partial charge in [-0.1, -0.05) is 17.8 Å². The van der Waals surface area contributed by atoms with E-state index in [9.17, 15) is 4.79 Å². The van der Waals surface area contributed by atoms with Gasteiger partial charge in [0.15, 0.2) is 0 Å². The van der Waals surface area contributed by atoms with Crippen LogP contribution in [0.2, 0.25) is 0 Å². The van der Waals surface area contributed by atoms with E-state index in [1.54, 1.807) is 31.5 Å². The largest absolute Gasteiger partial charge is 0.470 e. The second-order valence-electron chi connectivity index (χ2n) is 5.12. The first-order valence-electron chi connectivity index (χ1n) is 7.53. The van der Waals surface area contributed by atoms with E-state index >= 15 is 0 Å². The Morgan fingerprint density at radius 2 is 2.28 bits per heavy atom. The zero-order valence-corrected chi connectivity index (χ0v) is 14.8. The molecule has 25 heavy (non-hydrogen) atoms. The molecule has 1 amide bonds. The number of pyridine rings is 1. The highest BCUT2D eigenvalue weighted by molar-refractivity contribution is 7.99. The lowest BCUT2D eigenvalue weighted by Gasteiger charge is -2.18. The van der Waals surface area contributed by atoms with Gasteiger partial charge in [-0.2, -0.15) is 0 Å². The molecule has 2 N–H and O–H groups in total. The normalized spacial score (nSPS) is 12.4. The molecule has 5 nitrogen and oxygen atoms in total. The number of thioether (sulfide) groups is 1. The lowest BCUT2D eigenvalue weighted by atomic mass is 10.1. The summed E-state index contributed by atoms with van der Waals surface area (Å²) < 4.78 is 5.79. The smallest absolute Gasteiger partial charge is 0.272 e. The monoisotopic (exact) mass is 354 g/mol. The fraction of sp³-hybridized carbons (Fsp3) is 0.263. The molecule has 1 aromatic carbocycles. The number of aromatic nitrogens is 1. The summed E-state index contributed by atoms with van der Waals surface area (Å²) in [7, 11) is 0. The van der Waals surface area contributed by atoms with Gasteiger partial charge in [0.05, 0.1) is 11.6 Å². The summed E-state index contributed by atoms with van der Waals surface area (Å²) in [6, 6.07) is 6.84. The number of rotatable bonds is 5. The van der Waals surface area contributed by atoms with E-state index < -0.39 is 5.44 Å². The van der Waals surface area contributed by atoms with Crippen LogP contribution in [-0.2, 0) is 4.79 Å². The van der Waals surface area contributed by atoms with Gasteiger partial charge < -0.3 is 15.2 Å². The summed E-state index contributed by atoms with van der Waals surface area (Å²) in [5, 5.41) is 12.3. The topological polar surface area (TPSA) is 71.5 Å². The molecule has 128 valence electrons. The Bertz CT molecular complexity index is 864. The summed E-state index contributed by atoms with van der Waals surface area (Å²) >= 11 is 1.27. The van der Waals surface area contributed by atoms with Crippen LogP contribution in [0.25, 0.3) is 10.9 Å². The SMILES string of the molecule is C#Cc1cnc2ccc(OC(SC)C(=O)NC(C)C#CCO)cc2c1. The molecule has 0 saturated heterocycles. The molecule has 1 heterocycles. The minimum Gasteiger partial charge on any atom is -0.470 e. The number of hydrogen-bond donors (Lipinski definition) is 2. The second-order valence-corrected chi connectivity index (χ2v) is 6.02. The van der Waals surface area contributed by atoms with Gasteiger partial charge in [-0.15, -0.1) is 18.2 Å². The Morgan fingerprint density at radius 3 is 2.96 bits per heavy atom. The van der Waals surface area contributed by atoms with Gasteiger partial charge in [-0.05, 0) is 37.4 Å². The number of ether oxygens (including phenoxy) is 1. The van der Waals surface area contributed by atoms with Gasteiger partial charge in [-0.25, -0.2) is 0 Å². The van der Waals surface area contributed by atoms with E-state index in [-0.39, 0.29) is 18.6 Å². The van der Waals surface area contributed by atoms with Crippen molar-refractivity contribution in [3.8, 4) is 29.9 Å². The zero-order valence-electron chi connectivity index (χ0n) is 13.9. The van der Waals surface area contributed by atoms with Crippen LogP contribution in [0.4, 0.5) is 0 Å². The maximum atomic E-state index is 12.3. The predicted octanol–water partition coefficient (Wildman–Crippen LogP) is 1.78.